The fraction of sp³-hybridized carbons (Fsp3) is 0.833. The first-order valence-electron chi connectivity index (χ1n) is 3.21. The quantitative estimate of drug-likeness (QED) is 0.618. The van der Waals surface area contributed by atoms with Crippen LogP contribution < -0.4 is 0 Å². The van der Waals surface area contributed by atoms with Gasteiger partial charge in [0.1, 0.15) is 0 Å². The summed E-state index contributed by atoms with van der Waals surface area (Å²) in [6.07, 6.45) is -0.458. The van der Waals surface area contributed by atoms with Gasteiger partial charge in [0, 0.05) is 12.3 Å². The Labute approximate surface area is 65.1 Å². The molecule has 4 heteroatoms. The van der Waals surface area contributed by atoms with E-state index in [0.29, 0.717) is 0 Å². The van der Waals surface area contributed by atoms with Crippen molar-refractivity contribution in [1.29, 1.82) is 0 Å². The Morgan fingerprint density at radius 1 is 1.80 bits per heavy atom. The van der Waals surface area contributed by atoms with Crippen molar-refractivity contribution in [2.75, 3.05) is 26.4 Å². The minimum Gasteiger partial charge on any atom is -0.371 e. The fourth-order valence-corrected chi connectivity index (χ4v) is 1.73. The van der Waals surface area contributed by atoms with E-state index >= 15 is 0 Å². The molecule has 1 atom stereocenters. The van der Waals surface area contributed by atoms with Gasteiger partial charge in [-0.05, 0) is 14.1 Å². The first-order valence-corrected chi connectivity index (χ1v) is 4.19. The molecule has 0 aromatic rings. The molecule has 0 saturated heterocycles. The van der Waals surface area contributed by atoms with E-state index in [1.165, 1.54) is 0 Å². The van der Waals surface area contributed by atoms with Crippen LogP contribution in [-0.2, 0) is 0 Å². The van der Waals surface area contributed by atoms with Gasteiger partial charge >= 0.3 is 0 Å². The lowest BCUT2D eigenvalue weighted by molar-refractivity contribution is 0.212. The third-order valence-corrected chi connectivity index (χ3v) is 2.18. The second-order valence-electron chi connectivity index (χ2n) is 2.55. The van der Waals surface area contributed by atoms with Crippen LogP contribution in [0.2, 0.25) is 0 Å². The third kappa shape index (κ3) is 2.28. The van der Waals surface area contributed by atoms with Gasteiger partial charge in [0.25, 0.3) is 0 Å². The zero-order valence-corrected chi connectivity index (χ0v) is 7.06. The molecule has 0 aliphatic carbocycles. The van der Waals surface area contributed by atoms with Crippen molar-refractivity contribution in [2.24, 2.45) is 4.99 Å². The minimum atomic E-state index is -0.458. The Balaban J connectivity index is 2.35. The van der Waals surface area contributed by atoms with Crippen molar-refractivity contribution in [3.63, 3.8) is 0 Å². The summed E-state index contributed by atoms with van der Waals surface area (Å²) in [6.45, 7) is 0.849. The molecule has 10 heavy (non-hydrogen) atoms. The molecule has 1 rings (SSSR count). The molecule has 1 N–H and O–H groups in total. The van der Waals surface area contributed by atoms with E-state index in [1.807, 2.05) is 19.0 Å². The molecular formula is C6H12N2OS. The molecule has 0 fully saturated rings. The maximum atomic E-state index is 8.99. The largest absolute Gasteiger partial charge is 0.371 e. The second-order valence-corrected chi connectivity index (χ2v) is 3.65. The normalized spacial score (nSPS) is 25.6. The van der Waals surface area contributed by atoms with Gasteiger partial charge in [-0.15, -0.1) is 11.8 Å². The highest BCUT2D eigenvalue weighted by molar-refractivity contribution is 8.14. The lowest BCUT2D eigenvalue weighted by atomic mass is 10.6. The molecular weight excluding hydrogens is 148 g/mol. The van der Waals surface area contributed by atoms with Gasteiger partial charge in [0.2, 0.25) is 0 Å². The van der Waals surface area contributed by atoms with Crippen LogP contribution in [0.15, 0.2) is 4.99 Å². The predicted molar refractivity (Wildman–Crippen MR) is 44.5 cm³/mol. The number of aliphatic hydroxyl groups is 1. The van der Waals surface area contributed by atoms with Gasteiger partial charge in [-0.25, -0.2) is 4.99 Å². The van der Waals surface area contributed by atoms with Gasteiger partial charge in [0.15, 0.2) is 6.23 Å². The van der Waals surface area contributed by atoms with Crippen molar-refractivity contribution >= 4 is 16.8 Å². The molecule has 0 bridgehead atoms. The van der Waals surface area contributed by atoms with Gasteiger partial charge in [0.05, 0.1) is 5.04 Å². The number of aliphatic hydroxyl groups excluding tert-OH is 1. The number of rotatable bonds is 2. The first kappa shape index (κ1) is 8.04. The summed E-state index contributed by atoms with van der Waals surface area (Å²) in [5.41, 5.74) is 0. The van der Waals surface area contributed by atoms with E-state index in [2.05, 4.69) is 4.99 Å². The molecule has 1 aliphatic heterocycles. The lowest BCUT2D eigenvalue weighted by Gasteiger charge is -2.06. The molecule has 0 radical (unpaired) electrons. The molecule has 0 amide bonds. The summed E-state index contributed by atoms with van der Waals surface area (Å²) in [4.78, 5) is 6.07. The number of nitrogens with zero attached hydrogens (tertiary/aromatic N) is 2. The van der Waals surface area contributed by atoms with Crippen LogP contribution in [0.3, 0.4) is 0 Å². The van der Waals surface area contributed by atoms with E-state index in [9.17, 15) is 0 Å². The van der Waals surface area contributed by atoms with Gasteiger partial charge in [-0.1, -0.05) is 0 Å². The van der Waals surface area contributed by atoms with E-state index in [-0.39, 0.29) is 0 Å². The standard InChI is InChI=1S/C6H12N2OS/c1-8(2)3-6-7-5(9)4-10-6/h5,9H,3-4H2,1-2H3. The topological polar surface area (TPSA) is 35.8 Å². The van der Waals surface area contributed by atoms with Crippen molar-refractivity contribution < 1.29 is 5.11 Å². The van der Waals surface area contributed by atoms with Crippen molar-refractivity contribution in [1.82, 2.24) is 4.90 Å². The summed E-state index contributed by atoms with van der Waals surface area (Å²) >= 11 is 1.64. The molecule has 1 aliphatic rings. The van der Waals surface area contributed by atoms with Crippen molar-refractivity contribution in [3.8, 4) is 0 Å². The number of aliphatic imine (C=N–C) groups is 1. The zero-order valence-electron chi connectivity index (χ0n) is 6.24. The molecule has 58 valence electrons. The van der Waals surface area contributed by atoms with Gasteiger partial charge < -0.3 is 10.0 Å². The van der Waals surface area contributed by atoms with Crippen LogP contribution in [0.25, 0.3) is 0 Å². The van der Waals surface area contributed by atoms with Crippen LogP contribution in [0.1, 0.15) is 0 Å². The number of hydrogen-bond donors (Lipinski definition) is 1. The summed E-state index contributed by atoms with van der Waals surface area (Å²) in [7, 11) is 3.99. The van der Waals surface area contributed by atoms with E-state index < -0.39 is 6.23 Å². The number of hydrogen-bond acceptors (Lipinski definition) is 4. The zero-order chi connectivity index (χ0) is 7.56. The SMILES string of the molecule is CN(C)CC1=NC(O)CS1. The Morgan fingerprint density at radius 2 is 2.50 bits per heavy atom. The van der Waals surface area contributed by atoms with Crippen molar-refractivity contribution in [2.45, 2.75) is 6.23 Å². The molecule has 3 nitrogen and oxygen atoms in total. The van der Waals surface area contributed by atoms with Crippen molar-refractivity contribution in [3.05, 3.63) is 0 Å². The highest BCUT2D eigenvalue weighted by Gasteiger charge is 2.14. The Kier molecular flexibility index (Phi) is 2.71. The summed E-state index contributed by atoms with van der Waals surface area (Å²) < 4.78 is 0. The summed E-state index contributed by atoms with van der Waals surface area (Å²) in [5, 5.41) is 10.0. The maximum absolute atomic E-state index is 8.99. The molecule has 0 aromatic carbocycles. The highest BCUT2D eigenvalue weighted by Crippen LogP contribution is 2.16. The lowest BCUT2D eigenvalue weighted by Crippen LogP contribution is -2.18. The molecule has 1 heterocycles. The van der Waals surface area contributed by atoms with Crippen LogP contribution in [0.4, 0.5) is 0 Å². The van der Waals surface area contributed by atoms with Crippen LogP contribution in [0, 0.1) is 0 Å². The van der Waals surface area contributed by atoms with E-state index in [0.717, 1.165) is 17.3 Å². The van der Waals surface area contributed by atoms with Crippen LogP contribution in [0.5, 0.6) is 0 Å². The van der Waals surface area contributed by atoms with Crippen LogP contribution >= 0.6 is 11.8 Å². The fourth-order valence-electron chi connectivity index (χ4n) is 0.768. The molecule has 0 spiro atoms. The second kappa shape index (κ2) is 3.37. The predicted octanol–water partition coefficient (Wildman–Crippen LogP) is 0.0117. The Hall–Kier alpha value is -0.0600. The Morgan fingerprint density at radius 3 is 2.90 bits per heavy atom. The van der Waals surface area contributed by atoms with Gasteiger partial charge in [-0.3, -0.25) is 0 Å². The summed E-state index contributed by atoms with van der Waals surface area (Å²) in [5.74, 6) is 0.725. The Bertz CT molecular complexity index is 147. The van der Waals surface area contributed by atoms with Gasteiger partial charge in [-0.2, -0.15) is 0 Å². The minimum absolute atomic E-state index is 0.458. The van der Waals surface area contributed by atoms with E-state index in [1.54, 1.807) is 11.8 Å². The first-order chi connectivity index (χ1) is 4.68. The summed E-state index contributed by atoms with van der Waals surface area (Å²) in [6, 6.07) is 0. The highest BCUT2D eigenvalue weighted by atomic mass is 32.2. The van der Waals surface area contributed by atoms with Crippen LogP contribution in [-0.4, -0.2) is 47.7 Å². The molecule has 0 saturated carbocycles. The third-order valence-electron chi connectivity index (χ3n) is 1.14. The van der Waals surface area contributed by atoms with E-state index in [4.69, 9.17) is 5.11 Å². The average Bonchev–Trinajstić information content (AvgIpc) is 2.13. The monoisotopic (exact) mass is 160 g/mol. The smallest absolute Gasteiger partial charge is 0.155 e. The average molecular weight is 160 g/mol. The number of thioether (sulfide) groups is 1. The molecule has 0 aromatic heterocycles. The molecule has 1 unspecified atom stereocenters. The maximum Gasteiger partial charge on any atom is 0.155 e.